The smallest absolute Gasteiger partial charge is 0.713 e. The molecule has 0 aromatic rings. The maximum absolute atomic E-state index is 11.2. The van der Waals surface area contributed by atoms with Crippen LogP contribution in [0.15, 0.2) is 0 Å². The number of rotatable bonds is 7. The average molecular weight is 290 g/mol. The van der Waals surface area contributed by atoms with Crippen molar-refractivity contribution in [2.45, 2.75) is 32.3 Å². The molecule has 0 aliphatic carbocycles. The summed E-state index contributed by atoms with van der Waals surface area (Å²) in [6.07, 6.45) is 1.65. The van der Waals surface area contributed by atoms with Crippen LogP contribution in [0.25, 0.3) is 0 Å². The Balaban J connectivity index is 0. The monoisotopic (exact) mass is 290 g/mol. The fourth-order valence-corrected chi connectivity index (χ4v) is 1.31. The number of methoxy groups -OCH3 is 1. The Morgan fingerprint density at radius 3 is 2.62 bits per heavy atom. The quantitative estimate of drug-likeness (QED) is 0.202. The number of hydrogen-bond donors (Lipinski definition) is 0. The average Bonchev–Trinajstić information content (AvgIpc) is 2.25. The van der Waals surface area contributed by atoms with Gasteiger partial charge in [-0.1, -0.05) is 12.2 Å². The molecule has 1 unspecified atom stereocenters. The summed E-state index contributed by atoms with van der Waals surface area (Å²) in [6.45, 7) is 2.32. The SMILES string of the molecule is COC(C)CCOC(=O)CCC(=S)S[S-].[Na+]. The van der Waals surface area contributed by atoms with E-state index in [0.29, 0.717) is 30.1 Å². The molecule has 16 heavy (non-hydrogen) atoms. The van der Waals surface area contributed by atoms with Crippen molar-refractivity contribution < 1.29 is 43.8 Å². The first-order valence-corrected chi connectivity index (χ1v) is 6.76. The van der Waals surface area contributed by atoms with Gasteiger partial charge in [-0.25, -0.2) is 0 Å². The van der Waals surface area contributed by atoms with Gasteiger partial charge in [0.15, 0.2) is 0 Å². The van der Waals surface area contributed by atoms with E-state index in [1.54, 1.807) is 7.11 Å². The largest absolute Gasteiger partial charge is 1.00 e. The Labute approximate surface area is 133 Å². The van der Waals surface area contributed by atoms with Crippen LogP contribution < -0.4 is 29.6 Å². The second kappa shape index (κ2) is 12.7. The first-order chi connectivity index (χ1) is 7.10. The summed E-state index contributed by atoms with van der Waals surface area (Å²) in [5.41, 5.74) is 0. The molecule has 0 aliphatic heterocycles. The van der Waals surface area contributed by atoms with Gasteiger partial charge in [0.25, 0.3) is 0 Å². The standard InChI is InChI=1S/C9H16O3S3.Na/c1-7(11-2)5-6-12-8(10)3-4-9(13)15-14;/h7,14H,3-6H2,1-2H3;/q;+1/p-1. The van der Waals surface area contributed by atoms with Gasteiger partial charge in [-0.05, 0) is 13.3 Å². The molecule has 88 valence electrons. The zero-order valence-electron chi connectivity index (χ0n) is 9.86. The minimum atomic E-state index is -0.232. The molecule has 1 atom stereocenters. The summed E-state index contributed by atoms with van der Waals surface area (Å²) in [7, 11) is 2.72. The topological polar surface area (TPSA) is 35.5 Å². The van der Waals surface area contributed by atoms with E-state index in [1.165, 1.54) is 0 Å². The molecule has 0 spiro atoms. The summed E-state index contributed by atoms with van der Waals surface area (Å²) < 4.78 is 10.7. The first-order valence-electron chi connectivity index (χ1n) is 4.61. The number of carbonyl (C=O) groups excluding carboxylic acids is 1. The van der Waals surface area contributed by atoms with Gasteiger partial charge in [-0.2, -0.15) is 0 Å². The van der Waals surface area contributed by atoms with Crippen LogP contribution in [0.3, 0.4) is 0 Å². The van der Waals surface area contributed by atoms with Gasteiger partial charge in [-0.15, -0.1) is 0 Å². The molecule has 0 saturated heterocycles. The van der Waals surface area contributed by atoms with Crippen molar-refractivity contribution in [3.63, 3.8) is 0 Å². The summed E-state index contributed by atoms with van der Waals surface area (Å²) in [5, 5.41) is 0. The van der Waals surface area contributed by atoms with Gasteiger partial charge >= 0.3 is 35.5 Å². The van der Waals surface area contributed by atoms with Crippen LogP contribution in [0, 0.1) is 0 Å². The Morgan fingerprint density at radius 2 is 2.12 bits per heavy atom. The number of hydrogen-bond acceptors (Lipinski definition) is 6. The van der Waals surface area contributed by atoms with Crippen LogP contribution in [0.5, 0.6) is 0 Å². The van der Waals surface area contributed by atoms with E-state index in [9.17, 15) is 4.79 Å². The fraction of sp³-hybridized carbons (Fsp3) is 0.778. The Bertz CT molecular complexity index is 214. The molecule has 0 bridgehead atoms. The van der Waals surface area contributed by atoms with E-state index < -0.39 is 0 Å². The van der Waals surface area contributed by atoms with E-state index in [2.05, 4.69) is 11.7 Å². The number of ether oxygens (including phenoxy) is 2. The van der Waals surface area contributed by atoms with Crippen molar-refractivity contribution in [2.24, 2.45) is 0 Å². The normalized spacial score (nSPS) is 11.4. The van der Waals surface area contributed by atoms with Crippen molar-refractivity contribution in [2.75, 3.05) is 13.7 Å². The van der Waals surface area contributed by atoms with Gasteiger partial charge in [0.2, 0.25) is 0 Å². The van der Waals surface area contributed by atoms with Gasteiger partial charge in [0.05, 0.1) is 19.1 Å². The van der Waals surface area contributed by atoms with Crippen LogP contribution in [0.4, 0.5) is 0 Å². The summed E-state index contributed by atoms with van der Waals surface area (Å²) in [5.74, 6) is -0.232. The van der Waals surface area contributed by atoms with Crippen LogP contribution in [0.2, 0.25) is 0 Å². The van der Waals surface area contributed by atoms with Crippen LogP contribution in [-0.2, 0) is 25.9 Å². The van der Waals surface area contributed by atoms with E-state index in [4.69, 9.17) is 21.7 Å². The summed E-state index contributed by atoms with van der Waals surface area (Å²) in [6, 6.07) is 0. The minimum Gasteiger partial charge on any atom is -0.713 e. The van der Waals surface area contributed by atoms with Crippen molar-refractivity contribution in [3.05, 3.63) is 0 Å². The molecular weight excluding hydrogens is 275 g/mol. The molecule has 7 heteroatoms. The second-order valence-corrected chi connectivity index (χ2v) is 4.92. The second-order valence-electron chi connectivity index (χ2n) is 3.01. The molecule has 0 saturated carbocycles. The predicted octanol–water partition coefficient (Wildman–Crippen LogP) is -0.739. The summed E-state index contributed by atoms with van der Waals surface area (Å²) >= 11 is 9.55. The molecule has 0 radical (unpaired) electrons. The van der Waals surface area contributed by atoms with Gasteiger partial charge < -0.3 is 21.1 Å². The third kappa shape index (κ3) is 11.7. The molecular formula is C9H15NaO3S3. The molecule has 0 amide bonds. The van der Waals surface area contributed by atoms with Crippen LogP contribution in [-0.4, -0.2) is 30.0 Å². The van der Waals surface area contributed by atoms with E-state index in [-0.39, 0.29) is 41.6 Å². The van der Waals surface area contributed by atoms with Gasteiger partial charge in [-0.3, -0.25) is 15.6 Å². The van der Waals surface area contributed by atoms with Gasteiger partial charge in [0, 0.05) is 17.7 Å². The molecule has 0 heterocycles. The molecule has 3 nitrogen and oxygen atoms in total. The van der Waals surface area contributed by atoms with Crippen LogP contribution in [0.1, 0.15) is 26.2 Å². The zero-order valence-corrected chi connectivity index (χ0v) is 14.3. The Morgan fingerprint density at radius 1 is 1.50 bits per heavy atom. The molecule has 0 aromatic heterocycles. The fourth-order valence-electron chi connectivity index (χ4n) is 0.775. The molecule has 0 aliphatic rings. The molecule has 0 N–H and O–H groups in total. The van der Waals surface area contributed by atoms with Crippen molar-refractivity contribution in [3.8, 4) is 0 Å². The predicted molar refractivity (Wildman–Crippen MR) is 68.8 cm³/mol. The number of carbonyl (C=O) groups is 1. The maximum Gasteiger partial charge on any atom is 1.00 e. The van der Waals surface area contributed by atoms with Crippen molar-refractivity contribution >= 4 is 44.8 Å². The molecule has 0 aromatic carbocycles. The molecule has 0 rings (SSSR count). The molecule has 0 fully saturated rings. The van der Waals surface area contributed by atoms with E-state index in [1.807, 2.05) is 6.92 Å². The Kier molecular flexibility index (Phi) is 15.5. The van der Waals surface area contributed by atoms with Gasteiger partial charge in [0.1, 0.15) is 0 Å². The first kappa shape index (κ1) is 19.6. The van der Waals surface area contributed by atoms with E-state index >= 15 is 0 Å². The summed E-state index contributed by atoms with van der Waals surface area (Å²) in [4.78, 5) is 11.2. The number of esters is 1. The van der Waals surface area contributed by atoms with E-state index in [0.717, 1.165) is 10.8 Å². The third-order valence-corrected chi connectivity index (χ3v) is 3.58. The Hall–Kier alpha value is 1.22. The van der Waals surface area contributed by atoms with Crippen molar-refractivity contribution in [1.29, 1.82) is 0 Å². The maximum atomic E-state index is 11.2. The number of thiocarbonyl (C=S) groups is 1. The van der Waals surface area contributed by atoms with Crippen molar-refractivity contribution in [1.82, 2.24) is 0 Å². The zero-order chi connectivity index (χ0) is 11.7. The minimum absolute atomic E-state index is 0. The van der Waals surface area contributed by atoms with Crippen LogP contribution >= 0.6 is 23.0 Å². The third-order valence-electron chi connectivity index (χ3n) is 1.82.